The van der Waals surface area contributed by atoms with E-state index in [4.69, 9.17) is 9.47 Å². The van der Waals surface area contributed by atoms with Crippen LogP contribution in [0.4, 0.5) is 0 Å². The SMILES string of the molecule is C=S(=C)(C)CC1(C)C=C(OC)C(OC)=CC1. The van der Waals surface area contributed by atoms with Gasteiger partial charge in [-0.3, -0.25) is 0 Å². The molecule has 0 saturated carbocycles. The number of methoxy groups -OCH3 is 2. The standard InChI is InChI=1S/C13H22O2S/c1-13(10-16(4,5)6)8-7-11(14-2)12(9-13)15-3/h7,9H,4-5,8,10H2,1-3,6H3. The van der Waals surface area contributed by atoms with E-state index in [1.807, 2.05) is 0 Å². The summed E-state index contributed by atoms with van der Waals surface area (Å²) in [5, 5.41) is 0. The third-order valence-electron chi connectivity index (χ3n) is 2.59. The lowest BCUT2D eigenvalue weighted by Crippen LogP contribution is -2.22. The second-order valence-corrected chi connectivity index (χ2v) is 8.21. The van der Waals surface area contributed by atoms with Gasteiger partial charge >= 0.3 is 0 Å². The monoisotopic (exact) mass is 242 g/mol. The summed E-state index contributed by atoms with van der Waals surface area (Å²) in [4.78, 5) is 0. The molecule has 0 bridgehead atoms. The van der Waals surface area contributed by atoms with Crippen molar-refractivity contribution in [1.82, 2.24) is 0 Å². The van der Waals surface area contributed by atoms with E-state index in [1.54, 1.807) is 14.2 Å². The zero-order valence-electron chi connectivity index (χ0n) is 10.7. The summed E-state index contributed by atoms with van der Waals surface area (Å²) in [5.41, 5.74) is 0.0843. The van der Waals surface area contributed by atoms with Crippen molar-refractivity contribution in [2.24, 2.45) is 5.41 Å². The van der Waals surface area contributed by atoms with Gasteiger partial charge in [0.2, 0.25) is 0 Å². The van der Waals surface area contributed by atoms with Gasteiger partial charge in [-0.15, -0.1) is 0 Å². The molecule has 0 heterocycles. The van der Waals surface area contributed by atoms with Gasteiger partial charge in [0.25, 0.3) is 0 Å². The van der Waals surface area contributed by atoms with Crippen LogP contribution in [0.5, 0.6) is 0 Å². The molecule has 0 fully saturated rings. The summed E-state index contributed by atoms with van der Waals surface area (Å²) >= 11 is 0. The fourth-order valence-corrected chi connectivity index (χ4v) is 3.91. The number of hydrogen-bond acceptors (Lipinski definition) is 2. The van der Waals surface area contributed by atoms with E-state index < -0.39 is 9.21 Å². The van der Waals surface area contributed by atoms with Gasteiger partial charge in [-0.05, 0) is 30.6 Å². The molecule has 0 saturated heterocycles. The zero-order valence-corrected chi connectivity index (χ0v) is 11.5. The van der Waals surface area contributed by atoms with Crippen molar-refractivity contribution in [2.45, 2.75) is 13.3 Å². The maximum absolute atomic E-state index is 5.34. The van der Waals surface area contributed by atoms with E-state index in [9.17, 15) is 0 Å². The predicted octanol–water partition coefficient (Wildman–Crippen LogP) is 2.76. The van der Waals surface area contributed by atoms with Gasteiger partial charge in [0, 0.05) is 5.41 Å². The smallest absolute Gasteiger partial charge is 0.156 e. The third kappa shape index (κ3) is 3.34. The number of rotatable bonds is 4. The Balaban J connectivity index is 2.96. The highest BCUT2D eigenvalue weighted by atomic mass is 32.2. The van der Waals surface area contributed by atoms with E-state index in [1.165, 1.54) is 0 Å². The Morgan fingerprint density at radius 1 is 1.31 bits per heavy atom. The highest BCUT2D eigenvalue weighted by molar-refractivity contribution is 8.27. The van der Waals surface area contributed by atoms with Gasteiger partial charge in [0.1, 0.15) is 0 Å². The van der Waals surface area contributed by atoms with Gasteiger partial charge in [-0.2, -0.15) is 0 Å². The molecule has 2 nitrogen and oxygen atoms in total. The zero-order chi connectivity index (χ0) is 12.4. The quantitative estimate of drug-likeness (QED) is 0.706. The minimum Gasteiger partial charge on any atom is -0.493 e. The number of allylic oxidation sites excluding steroid dienone is 2. The van der Waals surface area contributed by atoms with E-state index in [2.05, 4.69) is 37.1 Å². The van der Waals surface area contributed by atoms with Crippen molar-refractivity contribution in [3.8, 4) is 0 Å². The lowest BCUT2D eigenvalue weighted by molar-refractivity contribution is 0.206. The Bertz CT molecular complexity index is 415. The van der Waals surface area contributed by atoms with Crippen LogP contribution in [0.2, 0.25) is 0 Å². The van der Waals surface area contributed by atoms with Crippen molar-refractivity contribution < 1.29 is 9.47 Å². The first-order chi connectivity index (χ1) is 7.29. The molecule has 0 amide bonds. The summed E-state index contributed by atoms with van der Waals surface area (Å²) in [5.74, 6) is 10.9. The van der Waals surface area contributed by atoms with E-state index in [0.717, 1.165) is 23.7 Å². The average molecular weight is 242 g/mol. The molecular formula is C13H22O2S. The number of ether oxygens (including phenoxy) is 2. The Morgan fingerprint density at radius 3 is 2.31 bits per heavy atom. The summed E-state index contributed by atoms with van der Waals surface area (Å²) in [6.45, 7) is 2.22. The number of hydrogen-bond donors (Lipinski definition) is 0. The Labute approximate surface area is 99.4 Å². The summed E-state index contributed by atoms with van der Waals surface area (Å²) in [6, 6.07) is 0. The van der Waals surface area contributed by atoms with Gasteiger partial charge in [0.15, 0.2) is 11.5 Å². The van der Waals surface area contributed by atoms with Gasteiger partial charge in [-0.25, -0.2) is 9.21 Å². The molecule has 1 rings (SSSR count). The van der Waals surface area contributed by atoms with Crippen LogP contribution in [0.1, 0.15) is 13.3 Å². The second kappa shape index (κ2) is 4.58. The molecule has 0 aromatic rings. The van der Waals surface area contributed by atoms with Gasteiger partial charge in [0.05, 0.1) is 14.2 Å². The third-order valence-corrected chi connectivity index (χ3v) is 3.95. The topological polar surface area (TPSA) is 18.5 Å². The van der Waals surface area contributed by atoms with Crippen LogP contribution >= 0.6 is 9.21 Å². The molecule has 1 atom stereocenters. The molecule has 3 heteroatoms. The van der Waals surface area contributed by atoms with Crippen LogP contribution in [0.15, 0.2) is 23.7 Å². The van der Waals surface area contributed by atoms with Crippen LogP contribution in [-0.4, -0.2) is 38.0 Å². The fourth-order valence-electron chi connectivity index (χ4n) is 2.11. The molecule has 0 aromatic carbocycles. The predicted molar refractivity (Wildman–Crippen MR) is 75.5 cm³/mol. The molecule has 0 N–H and O–H groups in total. The van der Waals surface area contributed by atoms with Crippen LogP contribution in [-0.2, 0) is 9.47 Å². The maximum Gasteiger partial charge on any atom is 0.156 e. The molecule has 1 aliphatic rings. The molecule has 0 spiro atoms. The summed E-state index contributed by atoms with van der Waals surface area (Å²) < 4.78 is 10.6. The molecule has 0 aromatic heterocycles. The molecule has 1 unspecified atom stereocenters. The second-order valence-electron chi connectivity index (χ2n) is 4.97. The van der Waals surface area contributed by atoms with Gasteiger partial charge in [-0.1, -0.05) is 18.7 Å². The lowest BCUT2D eigenvalue weighted by Gasteiger charge is -2.31. The minimum atomic E-state index is -1.01. The van der Waals surface area contributed by atoms with Crippen molar-refractivity contribution >= 4 is 20.9 Å². The van der Waals surface area contributed by atoms with Crippen LogP contribution < -0.4 is 0 Å². The van der Waals surface area contributed by atoms with Gasteiger partial charge < -0.3 is 9.47 Å². The first kappa shape index (κ1) is 13.2. The summed E-state index contributed by atoms with van der Waals surface area (Å²) in [6.07, 6.45) is 7.32. The van der Waals surface area contributed by atoms with E-state index in [0.29, 0.717) is 0 Å². The molecule has 0 radical (unpaired) electrons. The molecular weight excluding hydrogens is 220 g/mol. The Morgan fingerprint density at radius 2 is 1.88 bits per heavy atom. The molecule has 92 valence electrons. The largest absolute Gasteiger partial charge is 0.493 e. The lowest BCUT2D eigenvalue weighted by atomic mass is 9.85. The normalized spacial score (nSPS) is 25.8. The van der Waals surface area contributed by atoms with Crippen molar-refractivity contribution in [3.63, 3.8) is 0 Å². The summed E-state index contributed by atoms with van der Waals surface area (Å²) in [7, 11) is 2.33. The van der Waals surface area contributed by atoms with Crippen molar-refractivity contribution in [1.29, 1.82) is 0 Å². The maximum atomic E-state index is 5.34. The Hall–Kier alpha value is -0.830. The van der Waals surface area contributed by atoms with Crippen molar-refractivity contribution in [3.05, 3.63) is 23.7 Å². The minimum absolute atomic E-state index is 0.0843. The van der Waals surface area contributed by atoms with E-state index >= 15 is 0 Å². The van der Waals surface area contributed by atoms with Crippen LogP contribution in [0.25, 0.3) is 0 Å². The first-order valence-electron chi connectivity index (χ1n) is 5.23. The Kier molecular flexibility index (Phi) is 3.79. The fraction of sp³-hybridized carbons (Fsp3) is 0.538. The average Bonchev–Trinajstić information content (AvgIpc) is 2.14. The van der Waals surface area contributed by atoms with Crippen LogP contribution in [0.3, 0.4) is 0 Å². The van der Waals surface area contributed by atoms with Crippen LogP contribution in [0, 0.1) is 5.41 Å². The van der Waals surface area contributed by atoms with E-state index in [-0.39, 0.29) is 5.41 Å². The molecule has 16 heavy (non-hydrogen) atoms. The highest BCUT2D eigenvalue weighted by Gasteiger charge is 2.28. The molecule has 1 aliphatic carbocycles. The first-order valence-corrected chi connectivity index (χ1v) is 7.78. The highest BCUT2D eigenvalue weighted by Crippen LogP contribution is 2.38. The molecule has 0 aliphatic heterocycles. The van der Waals surface area contributed by atoms with Crippen molar-refractivity contribution in [2.75, 3.05) is 26.2 Å².